The lowest BCUT2D eigenvalue weighted by atomic mass is 9.89. The van der Waals surface area contributed by atoms with Crippen molar-refractivity contribution in [3.05, 3.63) is 77.1 Å². The first kappa shape index (κ1) is 26.2. The molecule has 1 aliphatic rings. The quantitative estimate of drug-likeness (QED) is 0.480. The zero-order chi connectivity index (χ0) is 26.6. The number of carbonyl (C=O) groups excluding carboxylic acids is 2. The lowest BCUT2D eigenvalue weighted by Crippen LogP contribution is -2.38. The Balaban J connectivity index is 1.26. The van der Waals surface area contributed by atoms with Crippen molar-refractivity contribution in [2.24, 2.45) is 7.05 Å². The maximum Gasteiger partial charge on any atom is 0.435 e. The van der Waals surface area contributed by atoms with Crippen molar-refractivity contribution in [3.63, 3.8) is 0 Å². The second kappa shape index (κ2) is 11.1. The van der Waals surface area contributed by atoms with Gasteiger partial charge in [0.15, 0.2) is 5.69 Å². The molecule has 2 aromatic carbocycles. The van der Waals surface area contributed by atoms with E-state index in [1.165, 1.54) is 7.05 Å². The number of rotatable bonds is 7. The van der Waals surface area contributed by atoms with Crippen molar-refractivity contribution in [1.82, 2.24) is 14.7 Å². The fourth-order valence-electron chi connectivity index (χ4n) is 4.50. The number of nitrogens with one attached hydrogen (secondary N) is 1. The molecule has 3 aromatic rings. The van der Waals surface area contributed by atoms with Crippen molar-refractivity contribution in [2.75, 3.05) is 25.5 Å². The Labute approximate surface area is 213 Å². The largest absolute Gasteiger partial charge is 0.497 e. The maximum absolute atomic E-state index is 12.9. The predicted molar refractivity (Wildman–Crippen MR) is 132 cm³/mol. The van der Waals surface area contributed by atoms with Crippen LogP contribution in [0.3, 0.4) is 0 Å². The molecule has 1 aliphatic heterocycles. The number of piperidine rings is 1. The van der Waals surface area contributed by atoms with Gasteiger partial charge in [0.1, 0.15) is 11.4 Å². The van der Waals surface area contributed by atoms with E-state index in [1.807, 2.05) is 48.5 Å². The van der Waals surface area contributed by atoms with Crippen LogP contribution in [-0.2, 0) is 24.4 Å². The number of nitrogens with zero attached hydrogens (tertiary/aromatic N) is 3. The summed E-state index contributed by atoms with van der Waals surface area (Å²) in [4.78, 5) is 26.7. The van der Waals surface area contributed by atoms with Crippen LogP contribution >= 0.6 is 0 Å². The molecule has 4 rings (SSSR count). The minimum Gasteiger partial charge on any atom is -0.497 e. The Morgan fingerprint density at radius 2 is 1.70 bits per heavy atom. The smallest absolute Gasteiger partial charge is 0.435 e. The minimum atomic E-state index is -4.59. The summed E-state index contributed by atoms with van der Waals surface area (Å²) in [5.74, 6) is 0.482. The highest BCUT2D eigenvalue weighted by molar-refractivity contribution is 5.93. The van der Waals surface area contributed by atoms with Crippen LogP contribution in [0, 0.1) is 0 Å². The van der Waals surface area contributed by atoms with E-state index < -0.39 is 17.8 Å². The highest BCUT2D eigenvalue weighted by Gasteiger charge is 2.36. The molecule has 0 radical (unpaired) electrons. The van der Waals surface area contributed by atoms with E-state index in [9.17, 15) is 22.8 Å². The molecule has 7 nitrogen and oxygen atoms in total. The number of anilines is 1. The summed E-state index contributed by atoms with van der Waals surface area (Å²) in [6, 6.07) is 16.1. The number of aromatic nitrogens is 2. The fourth-order valence-corrected chi connectivity index (χ4v) is 4.50. The van der Waals surface area contributed by atoms with Crippen molar-refractivity contribution in [3.8, 4) is 5.75 Å². The van der Waals surface area contributed by atoms with Gasteiger partial charge >= 0.3 is 6.18 Å². The van der Waals surface area contributed by atoms with E-state index in [4.69, 9.17) is 4.74 Å². The molecule has 0 saturated carbocycles. The van der Waals surface area contributed by atoms with Crippen LogP contribution in [0.15, 0.2) is 54.6 Å². The molecule has 37 heavy (non-hydrogen) atoms. The van der Waals surface area contributed by atoms with Crippen LogP contribution in [0.5, 0.6) is 5.75 Å². The molecule has 0 atom stereocenters. The molecule has 1 aromatic heterocycles. The molecule has 1 fully saturated rings. The van der Waals surface area contributed by atoms with Gasteiger partial charge in [-0.3, -0.25) is 14.3 Å². The molecule has 1 N–H and O–H groups in total. The average Bonchev–Trinajstić information content (AvgIpc) is 3.30. The van der Waals surface area contributed by atoms with Gasteiger partial charge in [0.25, 0.3) is 5.91 Å². The summed E-state index contributed by atoms with van der Waals surface area (Å²) in [5, 5.41) is 6.35. The SMILES string of the molecule is COc1ccc(CCC(=O)Nc2ccc(C3CCN(C(=O)c4cc(C(F)(F)F)nn4C)CC3)cc2)cc1. The van der Waals surface area contributed by atoms with E-state index in [1.54, 1.807) is 12.0 Å². The summed E-state index contributed by atoms with van der Waals surface area (Å²) in [6.07, 6.45) is -2.21. The summed E-state index contributed by atoms with van der Waals surface area (Å²) in [5.41, 5.74) is 1.73. The molecule has 1 saturated heterocycles. The topological polar surface area (TPSA) is 76.5 Å². The summed E-state index contributed by atoms with van der Waals surface area (Å²) in [6.45, 7) is 0.889. The van der Waals surface area contributed by atoms with Gasteiger partial charge in [-0.15, -0.1) is 0 Å². The standard InChI is InChI=1S/C27H29F3N4O3/c1-33-23(17-24(32-33)27(28,29)30)26(36)34-15-13-20(14-16-34)19-6-8-21(9-7-19)31-25(35)12-5-18-3-10-22(37-2)11-4-18/h3-4,6-11,17,20H,5,12-16H2,1-2H3,(H,31,35). The number of halogens is 3. The lowest BCUT2D eigenvalue weighted by molar-refractivity contribution is -0.141. The van der Waals surface area contributed by atoms with Gasteiger partial charge in [-0.25, -0.2) is 0 Å². The molecule has 0 spiro atoms. The highest BCUT2D eigenvalue weighted by Crippen LogP contribution is 2.31. The third-order valence-corrected chi connectivity index (χ3v) is 6.64. The number of likely N-dealkylation sites (tertiary alicyclic amines) is 1. The number of carbonyl (C=O) groups is 2. The summed E-state index contributed by atoms with van der Waals surface area (Å²) >= 11 is 0. The molecule has 2 amide bonds. The van der Waals surface area contributed by atoms with E-state index in [0.717, 1.165) is 27.6 Å². The zero-order valence-corrected chi connectivity index (χ0v) is 20.7. The summed E-state index contributed by atoms with van der Waals surface area (Å²) in [7, 11) is 2.95. The number of ether oxygens (including phenoxy) is 1. The van der Waals surface area contributed by atoms with Crippen LogP contribution in [-0.4, -0.2) is 46.7 Å². The third-order valence-electron chi connectivity index (χ3n) is 6.64. The molecular formula is C27H29F3N4O3. The van der Waals surface area contributed by atoms with Crippen molar-refractivity contribution in [1.29, 1.82) is 0 Å². The van der Waals surface area contributed by atoms with Crippen LogP contribution in [0.2, 0.25) is 0 Å². The fraction of sp³-hybridized carbons (Fsp3) is 0.370. The first-order chi connectivity index (χ1) is 17.6. The summed E-state index contributed by atoms with van der Waals surface area (Å²) < 4.78 is 44.9. The molecular weight excluding hydrogens is 485 g/mol. The number of methoxy groups -OCH3 is 1. The molecule has 0 unspecified atom stereocenters. The number of hydrogen-bond donors (Lipinski definition) is 1. The number of amides is 2. The van der Waals surface area contributed by atoms with E-state index in [2.05, 4.69) is 10.4 Å². The van der Waals surface area contributed by atoms with Crippen molar-refractivity contribution in [2.45, 2.75) is 37.8 Å². The molecule has 0 aliphatic carbocycles. The second-order valence-electron chi connectivity index (χ2n) is 9.12. The number of hydrogen-bond acceptors (Lipinski definition) is 4. The van der Waals surface area contributed by atoms with Crippen molar-refractivity contribution < 1.29 is 27.5 Å². The Morgan fingerprint density at radius 3 is 2.27 bits per heavy atom. The van der Waals surface area contributed by atoms with E-state index in [0.29, 0.717) is 44.5 Å². The number of benzene rings is 2. The van der Waals surface area contributed by atoms with Gasteiger partial charge < -0.3 is 15.0 Å². The third kappa shape index (κ3) is 6.49. The van der Waals surface area contributed by atoms with Crippen LogP contribution < -0.4 is 10.1 Å². The molecule has 0 bridgehead atoms. The minimum absolute atomic E-state index is 0.0702. The molecule has 196 valence electrons. The maximum atomic E-state index is 12.9. The van der Waals surface area contributed by atoms with Crippen LogP contribution in [0.4, 0.5) is 18.9 Å². The highest BCUT2D eigenvalue weighted by atomic mass is 19.4. The van der Waals surface area contributed by atoms with Gasteiger partial charge in [0.2, 0.25) is 5.91 Å². The van der Waals surface area contributed by atoms with Crippen LogP contribution in [0.1, 0.15) is 52.5 Å². The first-order valence-electron chi connectivity index (χ1n) is 12.1. The zero-order valence-electron chi connectivity index (χ0n) is 20.7. The first-order valence-corrected chi connectivity index (χ1v) is 12.1. The Morgan fingerprint density at radius 1 is 1.05 bits per heavy atom. The average molecular weight is 515 g/mol. The van der Waals surface area contributed by atoms with Gasteiger partial charge in [0, 0.05) is 38.3 Å². The van der Waals surface area contributed by atoms with Gasteiger partial charge in [-0.1, -0.05) is 24.3 Å². The Kier molecular flexibility index (Phi) is 7.85. The Bertz CT molecular complexity index is 1230. The monoisotopic (exact) mass is 514 g/mol. The normalized spacial score (nSPS) is 14.5. The predicted octanol–water partition coefficient (Wildman–Crippen LogP) is 5.04. The van der Waals surface area contributed by atoms with Crippen LogP contribution in [0.25, 0.3) is 0 Å². The van der Waals surface area contributed by atoms with E-state index in [-0.39, 0.29) is 17.5 Å². The lowest BCUT2D eigenvalue weighted by Gasteiger charge is -2.32. The van der Waals surface area contributed by atoms with E-state index >= 15 is 0 Å². The Hall–Kier alpha value is -3.82. The van der Waals surface area contributed by atoms with Gasteiger partial charge in [-0.2, -0.15) is 18.3 Å². The number of aryl methyl sites for hydroxylation is 2. The number of alkyl halides is 3. The molecule has 10 heteroatoms. The molecule has 2 heterocycles. The van der Waals surface area contributed by atoms with Gasteiger partial charge in [-0.05, 0) is 60.6 Å². The second-order valence-corrected chi connectivity index (χ2v) is 9.12. The van der Waals surface area contributed by atoms with Gasteiger partial charge in [0.05, 0.1) is 7.11 Å². The van der Waals surface area contributed by atoms with Crippen molar-refractivity contribution >= 4 is 17.5 Å².